The molecule has 1 saturated heterocycles. The number of carbonyl (C=O) groups excluding carboxylic acids is 1. The van der Waals surface area contributed by atoms with Crippen molar-refractivity contribution < 1.29 is 14.3 Å². The van der Waals surface area contributed by atoms with E-state index in [-0.39, 0.29) is 5.91 Å². The van der Waals surface area contributed by atoms with Crippen LogP contribution < -0.4 is 9.47 Å². The molecule has 0 spiro atoms. The lowest BCUT2D eigenvalue weighted by atomic mass is 10.2. The van der Waals surface area contributed by atoms with Gasteiger partial charge in [-0.15, -0.1) is 0 Å². The van der Waals surface area contributed by atoms with Crippen molar-refractivity contribution in [1.29, 1.82) is 0 Å². The van der Waals surface area contributed by atoms with E-state index in [1.54, 1.807) is 20.3 Å². The van der Waals surface area contributed by atoms with Crippen LogP contribution in [0.1, 0.15) is 5.56 Å². The number of benzene rings is 2. The first kappa shape index (κ1) is 22.6. The highest BCUT2D eigenvalue weighted by atomic mass is 16.5. The third-order valence-corrected chi connectivity index (χ3v) is 5.91. The summed E-state index contributed by atoms with van der Waals surface area (Å²) in [6.45, 7) is 4.99. The van der Waals surface area contributed by atoms with Crippen LogP contribution in [0.15, 0.2) is 67.0 Å². The Kier molecular flexibility index (Phi) is 7.42. The second-order valence-corrected chi connectivity index (χ2v) is 7.92. The zero-order valence-electron chi connectivity index (χ0n) is 19.2. The molecule has 1 aromatic heterocycles. The highest BCUT2D eigenvalue weighted by molar-refractivity contribution is 5.92. The van der Waals surface area contributed by atoms with Crippen molar-refractivity contribution in [3.8, 4) is 22.9 Å². The van der Waals surface area contributed by atoms with Crippen molar-refractivity contribution >= 4 is 12.0 Å². The molecule has 0 N–H and O–H groups in total. The molecule has 0 saturated carbocycles. The van der Waals surface area contributed by atoms with Crippen molar-refractivity contribution in [2.45, 2.75) is 6.54 Å². The Hall–Kier alpha value is -3.58. The molecule has 2 aromatic carbocycles. The van der Waals surface area contributed by atoms with E-state index >= 15 is 0 Å². The summed E-state index contributed by atoms with van der Waals surface area (Å²) in [6, 6.07) is 15.8. The van der Waals surface area contributed by atoms with Gasteiger partial charge in [-0.1, -0.05) is 36.4 Å². The summed E-state index contributed by atoms with van der Waals surface area (Å²) in [4.78, 5) is 21.5. The fourth-order valence-corrected chi connectivity index (χ4v) is 4.01. The number of aromatic nitrogens is 2. The Morgan fingerprint density at radius 1 is 0.970 bits per heavy atom. The lowest BCUT2D eigenvalue weighted by molar-refractivity contribution is -0.127. The highest BCUT2D eigenvalue weighted by Crippen LogP contribution is 2.28. The van der Waals surface area contributed by atoms with Gasteiger partial charge in [-0.05, 0) is 23.8 Å². The standard InChI is InChI=1S/C26H30N4O3/c1-32-23-10-8-21(20-24(23)33-2)9-11-25(31)29-17-14-28(15-18-29)16-19-30-13-12-27-26(30)22-6-4-3-5-7-22/h3-13,20H,14-19H2,1-2H3/b11-9+. The van der Waals surface area contributed by atoms with Crippen LogP contribution in [0.4, 0.5) is 0 Å². The van der Waals surface area contributed by atoms with E-state index in [2.05, 4.69) is 26.6 Å². The Labute approximate surface area is 194 Å². The number of piperazine rings is 1. The second-order valence-electron chi connectivity index (χ2n) is 7.92. The van der Waals surface area contributed by atoms with Crippen molar-refractivity contribution in [3.63, 3.8) is 0 Å². The SMILES string of the molecule is COc1ccc(/C=C/C(=O)N2CCN(CCn3ccnc3-c3ccccc3)CC2)cc1OC. The molecule has 1 fully saturated rings. The first-order valence-corrected chi connectivity index (χ1v) is 11.2. The van der Waals surface area contributed by atoms with Crippen LogP contribution in [-0.2, 0) is 11.3 Å². The maximum Gasteiger partial charge on any atom is 0.246 e. The van der Waals surface area contributed by atoms with Crippen LogP contribution in [0.25, 0.3) is 17.5 Å². The van der Waals surface area contributed by atoms with Crippen LogP contribution in [0, 0.1) is 0 Å². The molecule has 1 amide bonds. The number of carbonyl (C=O) groups is 1. The van der Waals surface area contributed by atoms with E-state index in [1.807, 2.05) is 59.8 Å². The lowest BCUT2D eigenvalue weighted by Gasteiger charge is -2.34. The van der Waals surface area contributed by atoms with Crippen LogP contribution in [0.5, 0.6) is 11.5 Å². The summed E-state index contributed by atoms with van der Waals surface area (Å²) >= 11 is 0. The van der Waals surface area contributed by atoms with Crippen molar-refractivity contribution in [2.75, 3.05) is 46.9 Å². The van der Waals surface area contributed by atoms with E-state index < -0.39 is 0 Å². The molecule has 7 nitrogen and oxygen atoms in total. The number of methoxy groups -OCH3 is 2. The smallest absolute Gasteiger partial charge is 0.246 e. The number of nitrogens with zero attached hydrogens (tertiary/aromatic N) is 4. The predicted octanol–water partition coefficient (Wildman–Crippen LogP) is 3.42. The summed E-state index contributed by atoms with van der Waals surface area (Å²) in [5.41, 5.74) is 2.02. The Morgan fingerprint density at radius 2 is 1.73 bits per heavy atom. The molecule has 0 atom stereocenters. The molecule has 1 aliphatic rings. The molecule has 33 heavy (non-hydrogen) atoms. The maximum atomic E-state index is 12.7. The summed E-state index contributed by atoms with van der Waals surface area (Å²) in [5, 5.41) is 0. The normalized spacial score (nSPS) is 14.5. The van der Waals surface area contributed by atoms with E-state index in [9.17, 15) is 4.79 Å². The minimum absolute atomic E-state index is 0.0328. The predicted molar refractivity (Wildman–Crippen MR) is 129 cm³/mol. The van der Waals surface area contributed by atoms with Gasteiger partial charge in [0.15, 0.2) is 11.5 Å². The number of amides is 1. The minimum atomic E-state index is 0.0328. The van der Waals surface area contributed by atoms with E-state index in [0.29, 0.717) is 11.5 Å². The zero-order valence-corrected chi connectivity index (χ0v) is 19.2. The molecular weight excluding hydrogens is 416 g/mol. The van der Waals surface area contributed by atoms with Crippen LogP contribution in [-0.4, -0.2) is 72.2 Å². The minimum Gasteiger partial charge on any atom is -0.493 e. The molecule has 1 aliphatic heterocycles. The van der Waals surface area contributed by atoms with Gasteiger partial charge in [0, 0.05) is 63.3 Å². The van der Waals surface area contributed by atoms with Crippen LogP contribution in [0.3, 0.4) is 0 Å². The topological polar surface area (TPSA) is 59.8 Å². The monoisotopic (exact) mass is 446 g/mol. The molecule has 0 unspecified atom stereocenters. The van der Waals surface area contributed by atoms with E-state index in [1.165, 1.54) is 0 Å². The lowest BCUT2D eigenvalue weighted by Crippen LogP contribution is -2.48. The molecule has 2 heterocycles. The van der Waals surface area contributed by atoms with Gasteiger partial charge in [-0.3, -0.25) is 9.69 Å². The highest BCUT2D eigenvalue weighted by Gasteiger charge is 2.19. The summed E-state index contributed by atoms with van der Waals surface area (Å²) in [7, 11) is 3.21. The summed E-state index contributed by atoms with van der Waals surface area (Å²) in [5.74, 6) is 2.34. The van der Waals surface area contributed by atoms with Gasteiger partial charge in [-0.2, -0.15) is 0 Å². The fourth-order valence-electron chi connectivity index (χ4n) is 4.01. The Balaban J connectivity index is 1.27. The number of rotatable bonds is 8. The number of hydrogen-bond acceptors (Lipinski definition) is 5. The Morgan fingerprint density at radius 3 is 2.45 bits per heavy atom. The molecule has 4 rings (SSSR count). The average Bonchev–Trinajstić information content (AvgIpc) is 3.35. The molecule has 0 radical (unpaired) electrons. The van der Waals surface area contributed by atoms with Gasteiger partial charge in [0.2, 0.25) is 5.91 Å². The largest absolute Gasteiger partial charge is 0.493 e. The maximum absolute atomic E-state index is 12.7. The first-order valence-electron chi connectivity index (χ1n) is 11.2. The average molecular weight is 447 g/mol. The van der Waals surface area contributed by atoms with Gasteiger partial charge in [0.25, 0.3) is 0 Å². The van der Waals surface area contributed by atoms with Crippen LogP contribution in [0.2, 0.25) is 0 Å². The van der Waals surface area contributed by atoms with Crippen molar-refractivity contribution in [1.82, 2.24) is 19.4 Å². The molecule has 172 valence electrons. The quantitative estimate of drug-likeness (QED) is 0.496. The van der Waals surface area contributed by atoms with E-state index in [0.717, 1.165) is 56.2 Å². The van der Waals surface area contributed by atoms with Crippen molar-refractivity contribution in [2.24, 2.45) is 0 Å². The fraction of sp³-hybridized carbons (Fsp3) is 0.308. The first-order chi connectivity index (χ1) is 16.2. The third kappa shape index (κ3) is 5.62. The number of ether oxygens (including phenoxy) is 2. The second kappa shape index (κ2) is 10.8. The van der Waals surface area contributed by atoms with Gasteiger partial charge in [0.1, 0.15) is 5.82 Å². The van der Waals surface area contributed by atoms with Gasteiger partial charge >= 0.3 is 0 Å². The van der Waals surface area contributed by atoms with Crippen LogP contribution >= 0.6 is 0 Å². The van der Waals surface area contributed by atoms with Crippen molar-refractivity contribution in [3.05, 3.63) is 72.6 Å². The molecule has 0 bridgehead atoms. The van der Waals surface area contributed by atoms with E-state index in [4.69, 9.17) is 9.47 Å². The summed E-state index contributed by atoms with van der Waals surface area (Å²) in [6.07, 6.45) is 7.33. The zero-order chi connectivity index (χ0) is 23.0. The number of imidazole rings is 1. The third-order valence-electron chi connectivity index (χ3n) is 5.91. The number of hydrogen-bond donors (Lipinski definition) is 0. The van der Waals surface area contributed by atoms with Gasteiger partial charge < -0.3 is 18.9 Å². The molecule has 7 heteroatoms. The molecule has 3 aromatic rings. The molecule has 0 aliphatic carbocycles. The molecular formula is C26H30N4O3. The summed E-state index contributed by atoms with van der Waals surface area (Å²) < 4.78 is 12.8. The van der Waals surface area contributed by atoms with Gasteiger partial charge in [0.05, 0.1) is 14.2 Å². The van der Waals surface area contributed by atoms with Gasteiger partial charge in [-0.25, -0.2) is 4.98 Å². The Bertz CT molecular complexity index is 1090.